The molecule has 1 fully saturated rings. The quantitative estimate of drug-likeness (QED) is 0.845. The molecule has 9 heteroatoms. The minimum atomic E-state index is -3.61. The fourth-order valence-corrected chi connectivity index (χ4v) is 4.57. The first-order valence-electron chi connectivity index (χ1n) is 7.18. The van der Waals surface area contributed by atoms with Gasteiger partial charge in [-0.05, 0) is 24.5 Å². The molecule has 0 unspecified atom stereocenters. The molecule has 2 heterocycles. The maximum atomic E-state index is 14.2. The molecule has 0 radical (unpaired) electrons. The number of aromatic nitrogens is 3. The van der Waals surface area contributed by atoms with Crippen LogP contribution in [0.4, 0.5) is 8.78 Å². The van der Waals surface area contributed by atoms with E-state index in [1.54, 1.807) is 6.07 Å². The number of benzene rings is 1. The Morgan fingerprint density at radius 3 is 2.74 bits per heavy atom. The maximum absolute atomic E-state index is 14.2. The highest BCUT2D eigenvalue weighted by molar-refractivity contribution is 7.92. The Morgan fingerprint density at radius 2 is 2.04 bits per heavy atom. The highest BCUT2D eigenvalue weighted by atomic mass is 35.5. The lowest BCUT2D eigenvalue weighted by Crippen LogP contribution is -2.13. The number of alkyl halides is 1. The van der Waals surface area contributed by atoms with Gasteiger partial charge in [0.2, 0.25) is 9.84 Å². The summed E-state index contributed by atoms with van der Waals surface area (Å²) >= 11 is 5.97. The molecular formula is C14H12ClF2N3O2S. The van der Waals surface area contributed by atoms with Gasteiger partial charge in [0.25, 0.3) is 5.16 Å². The SMILES string of the molecule is O=S(=O)(c1nc2n(n1)[C@H](c1cccc(F)c1Cl)C[C@@H]2F)C1CC1. The van der Waals surface area contributed by atoms with E-state index in [2.05, 4.69) is 10.1 Å². The minimum Gasteiger partial charge on any atom is -0.239 e. The van der Waals surface area contributed by atoms with Gasteiger partial charge >= 0.3 is 0 Å². The van der Waals surface area contributed by atoms with Gasteiger partial charge in [-0.15, -0.1) is 5.10 Å². The molecule has 1 aliphatic carbocycles. The van der Waals surface area contributed by atoms with E-state index in [9.17, 15) is 17.2 Å². The van der Waals surface area contributed by atoms with Gasteiger partial charge in [-0.2, -0.15) is 4.98 Å². The van der Waals surface area contributed by atoms with Gasteiger partial charge < -0.3 is 0 Å². The average Bonchev–Trinajstić information content (AvgIpc) is 3.20. The number of sulfone groups is 1. The van der Waals surface area contributed by atoms with Gasteiger partial charge in [-0.25, -0.2) is 21.9 Å². The van der Waals surface area contributed by atoms with E-state index in [0.29, 0.717) is 18.4 Å². The third-order valence-corrected chi connectivity index (χ3v) is 6.63. The highest BCUT2D eigenvalue weighted by Crippen LogP contribution is 2.43. The zero-order valence-corrected chi connectivity index (χ0v) is 13.4. The zero-order valence-electron chi connectivity index (χ0n) is 11.8. The summed E-state index contributed by atoms with van der Waals surface area (Å²) in [6, 6.07) is 3.59. The van der Waals surface area contributed by atoms with Gasteiger partial charge in [0, 0.05) is 6.42 Å². The Morgan fingerprint density at radius 1 is 1.30 bits per heavy atom. The molecule has 5 nitrogen and oxygen atoms in total. The molecule has 122 valence electrons. The summed E-state index contributed by atoms with van der Waals surface area (Å²) in [5.74, 6) is -0.659. The second-order valence-electron chi connectivity index (χ2n) is 5.80. The van der Waals surface area contributed by atoms with Crippen LogP contribution < -0.4 is 0 Å². The Balaban J connectivity index is 1.80. The van der Waals surface area contributed by atoms with Crippen molar-refractivity contribution in [3.05, 3.63) is 40.4 Å². The summed E-state index contributed by atoms with van der Waals surface area (Å²) < 4.78 is 53.6. The second-order valence-corrected chi connectivity index (χ2v) is 8.30. The fourth-order valence-electron chi connectivity index (χ4n) is 2.84. The largest absolute Gasteiger partial charge is 0.267 e. The number of rotatable bonds is 3. The average molecular weight is 360 g/mol. The number of hydrogen-bond donors (Lipinski definition) is 0. The van der Waals surface area contributed by atoms with Crippen LogP contribution in [0.5, 0.6) is 0 Å². The van der Waals surface area contributed by atoms with Gasteiger partial charge in [0.1, 0.15) is 5.82 Å². The van der Waals surface area contributed by atoms with Crippen molar-refractivity contribution in [1.29, 1.82) is 0 Å². The predicted molar refractivity (Wildman–Crippen MR) is 78.2 cm³/mol. The van der Waals surface area contributed by atoms with Crippen LogP contribution in [0.1, 0.15) is 42.9 Å². The first-order chi connectivity index (χ1) is 10.9. The summed E-state index contributed by atoms with van der Waals surface area (Å²) in [6.07, 6.45) is -0.313. The first-order valence-corrected chi connectivity index (χ1v) is 9.10. The Hall–Kier alpha value is -1.54. The van der Waals surface area contributed by atoms with Crippen LogP contribution in [-0.2, 0) is 9.84 Å². The monoisotopic (exact) mass is 359 g/mol. The van der Waals surface area contributed by atoms with E-state index >= 15 is 0 Å². The molecule has 2 aromatic rings. The van der Waals surface area contributed by atoms with Crippen molar-refractivity contribution in [1.82, 2.24) is 14.8 Å². The lowest BCUT2D eigenvalue weighted by molar-refractivity contribution is 0.326. The van der Waals surface area contributed by atoms with E-state index < -0.39 is 33.1 Å². The number of hydrogen-bond acceptors (Lipinski definition) is 4. The third-order valence-electron chi connectivity index (χ3n) is 4.20. The Labute approximate surface area is 136 Å². The molecule has 2 aliphatic rings. The van der Waals surface area contributed by atoms with E-state index in [1.807, 2.05) is 0 Å². The van der Waals surface area contributed by atoms with Crippen LogP contribution in [0.25, 0.3) is 0 Å². The van der Waals surface area contributed by atoms with Gasteiger partial charge in [0.15, 0.2) is 12.0 Å². The van der Waals surface area contributed by atoms with Crippen molar-refractivity contribution >= 4 is 21.4 Å². The standard InChI is InChI=1S/C14H12ClF2N3O2S/c15-12-8(2-1-3-9(12)16)11-6-10(17)13-18-14(19-20(11)13)23(21,22)7-4-5-7/h1-3,7,10-11H,4-6H2/t10-,11-/m0/s1. The van der Waals surface area contributed by atoms with Gasteiger partial charge in [-0.3, -0.25) is 0 Å². The zero-order chi connectivity index (χ0) is 16.4. The normalized spacial score (nSPS) is 24.0. The number of halogens is 3. The summed E-state index contributed by atoms with van der Waals surface area (Å²) in [6.45, 7) is 0. The van der Waals surface area contributed by atoms with E-state index in [1.165, 1.54) is 16.8 Å². The van der Waals surface area contributed by atoms with Crippen LogP contribution in [0.3, 0.4) is 0 Å². The number of fused-ring (bicyclic) bond motifs is 1. The number of nitrogens with zero attached hydrogens (tertiary/aromatic N) is 3. The summed E-state index contributed by atoms with van der Waals surface area (Å²) in [5, 5.41) is 3.06. The van der Waals surface area contributed by atoms with Crippen LogP contribution in [0.2, 0.25) is 5.02 Å². The summed E-state index contributed by atoms with van der Waals surface area (Å²) in [5.41, 5.74) is 0.369. The van der Waals surface area contributed by atoms with Gasteiger partial charge in [0.05, 0.1) is 16.3 Å². The molecular weight excluding hydrogens is 348 g/mol. The topological polar surface area (TPSA) is 64.8 Å². The van der Waals surface area contributed by atoms with Gasteiger partial charge in [-0.1, -0.05) is 23.7 Å². The molecule has 4 rings (SSSR count). The maximum Gasteiger partial charge on any atom is 0.267 e. The fraction of sp³-hybridized carbons (Fsp3) is 0.429. The van der Waals surface area contributed by atoms with Crippen molar-refractivity contribution in [3.8, 4) is 0 Å². The minimum absolute atomic E-state index is 0.00224. The van der Waals surface area contributed by atoms with Crippen molar-refractivity contribution in [2.75, 3.05) is 0 Å². The van der Waals surface area contributed by atoms with E-state index in [0.717, 1.165) is 0 Å². The summed E-state index contributed by atoms with van der Waals surface area (Å²) in [7, 11) is -3.61. The molecule has 0 N–H and O–H groups in total. The molecule has 1 aliphatic heterocycles. The first kappa shape index (κ1) is 15.0. The lowest BCUT2D eigenvalue weighted by Gasteiger charge is -2.13. The van der Waals surface area contributed by atoms with Crippen LogP contribution in [0.15, 0.2) is 23.4 Å². The van der Waals surface area contributed by atoms with Crippen molar-refractivity contribution < 1.29 is 17.2 Å². The predicted octanol–water partition coefficient (Wildman–Crippen LogP) is 3.01. The molecule has 0 spiro atoms. The molecule has 0 saturated heterocycles. The molecule has 1 saturated carbocycles. The molecule has 23 heavy (non-hydrogen) atoms. The lowest BCUT2D eigenvalue weighted by atomic mass is 10.0. The van der Waals surface area contributed by atoms with Crippen LogP contribution in [-0.4, -0.2) is 28.4 Å². The molecule has 1 aromatic carbocycles. The van der Waals surface area contributed by atoms with E-state index in [-0.39, 0.29) is 22.4 Å². The third kappa shape index (κ3) is 2.27. The second kappa shape index (κ2) is 4.98. The molecule has 1 aromatic heterocycles. The Bertz CT molecular complexity index is 895. The summed E-state index contributed by atoms with van der Waals surface area (Å²) in [4.78, 5) is 3.88. The molecule has 0 amide bonds. The van der Waals surface area contributed by atoms with Crippen LogP contribution in [0, 0.1) is 5.82 Å². The molecule has 2 atom stereocenters. The Kier molecular flexibility index (Phi) is 3.25. The van der Waals surface area contributed by atoms with Crippen molar-refractivity contribution in [2.24, 2.45) is 0 Å². The highest BCUT2D eigenvalue weighted by Gasteiger charge is 2.43. The van der Waals surface area contributed by atoms with Crippen molar-refractivity contribution in [3.63, 3.8) is 0 Å². The van der Waals surface area contributed by atoms with Crippen LogP contribution >= 0.6 is 11.6 Å². The van der Waals surface area contributed by atoms with E-state index in [4.69, 9.17) is 11.6 Å². The molecule has 0 bridgehead atoms. The smallest absolute Gasteiger partial charge is 0.239 e. The van der Waals surface area contributed by atoms with Crippen molar-refractivity contribution in [2.45, 2.75) is 41.9 Å².